The van der Waals surface area contributed by atoms with Gasteiger partial charge in [0.2, 0.25) is 14.9 Å². The third kappa shape index (κ3) is 2.75. The highest BCUT2D eigenvalue weighted by Gasteiger charge is 2.27. The van der Waals surface area contributed by atoms with E-state index in [4.69, 9.17) is 4.74 Å². The van der Waals surface area contributed by atoms with Crippen LogP contribution in [0.5, 0.6) is 5.75 Å². The van der Waals surface area contributed by atoms with E-state index in [0.29, 0.717) is 28.8 Å². The Kier molecular flexibility index (Phi) is 4.19. The molecule has 4 aromatic rings. The van der Waals surface area contributed by atoms with E-state index in [-0.39, 0.29) is 15.6 Å². The van der Waals surface area contributed by atoms with Gasteiger partial charge >= 0.3 is 0 Å². The number of rotatable bonds is 4. The molecule has 144 valence electrons. The summed E-state index contributed by atoms with van der Waals surface area (Å²) in [5.74, 6) is 0.552. The number of sulfone groups is 1. The molecule has 0 bridgehead atoms. The van der Waals surface area contributed by atoms with Crippen molar-refractivity contribution in [3.8, 4) is 5.75 Å². The second kappa shape index (κ2) is 6.45. The Balaban J connectivity index is 2.01. The molecule has 0 saturated carbocycles. The molecule has 0 fully saturated rings. The molecule has 2 aromatic heterocycles. The molecule has 0 aliphatic rings. The number of ether oxygens (including phenoxy) is 1. The van der Waals surface area contributed by atoms with Gasteiger partial charge in [0.1, 0.15) is 5.75 Å². The van der Waals surface area contributed by atoms with Gasteiger partial charge < -0.3 is 9.72 Å². The smallest absolute Gasteiger partial charge is 0.259 e. The van der Waals surface area contributed by atoms with Crippen LogP contribution in [-0.2, 0) is 9.84 Å². The lowest BCUT2D eigenvalue weighted by Crippen LogP contribution is -2.12. The largest absolute Gasteiger partial charge is 0.494 e. The molecular weight excluding hydrogens is 380 g/mol. The lowest BCUT2D eigenvalue weighted by Gasteiger charge is -2.07. The maximum Gasteiger partial charge on any atom is 0.259 e. The Morgan fingerprint density at radius 2 is 1.93 bits per heavy atom. The summed E-state index contributed by atoms with van der Waals surface area (Å²) < 4.78 is 33.2. The highest BCUT2D eigenvalue weighted by molar-refractivity contribution is 7.91. The van der Waals surface area contributed by atoms with Gasteiger partial charge in [-0.3, -0.25) is 4.79 Å². The minimum atomic E-state index is -3.97. The predicted molar refractivity (Wildman–Crippen MR) is 104 cm³/mol. The summed E-state index contributed by atoms with van der Waals surface area (Å²) in [7, 11) is -3.97. The topological polar surface area (TPSA) is 106 Å². The average Bonchev–Trinajstić information content (AvgIpc) is 3.06. The van der Waals surface area contributed by atoms with Crippen LogP contribution in [0.25, 0.3) is 16.6 Å². The number of aromatic amines is 1. The fraction of sp³-hybridized carbons (Fsp3) is 0.211. The Labute approximate surface area is 160 Å². The molecule has 0 amide bonds. The molecule has 8 nitrogen and oxygen atoms in total. The minimum Gasteiger partial charge on any atom is -0.494 e. The first-order valence-corrected chi connectivity index (χ1v) is 10.2. The highest BCUT2D eigenvalue weighted by atomic mass is 32.2. The van der Waals surface area contributed by atoms with E-state index < -0.39 is 15.4 Å². The van der Waals surface area contributed by atoms with Gasteiger partial charge in [-0.2, -0.15) is 4.52 Å². The van der Waals surface area contributed by atoms with E-state index in [1.807, 2.05) is 13.8 Å². The van der Waals surface area contributed by atoms with Crippen molar-refractivity contribution in [2.24, 2.45) is 0 Å². The summed E-state index contributed by atoms with van der Waals surface area (Å²) in [6, 6.07) is 9.97. The number of aryl methyl sites for hydroxylation is 2. The van der Waals surface area contributed by atoms with Crippen molar-refractivity contribution in [3.63, 3.8) is 0 Å². The lowest BCUT2D eigenvalue weighted by molar-refractivity contribution is 0.340. The molecule has 4 rings (SSSR count). The van der Waals surface area contributed by atoms with Gasteiger partial charge in [0.15, 0.2) is 5.65 Å². The Morgan fingerprint density at radius 1 is 1.14 bits per heavy atom. The summed E-state index contributed by atoms with van der Waals surface area (Å²) >= 11 is 0. The maximum atomic E-state index is 13.2. The molecule has 0 atom stereocenters. The SMILES string of the molecule is CCOc1ccc2c(=O)[nH]c3c(S(=O)(=O)c4ccc(C)cc4C)nnn3c2c1. The van der Waals surface area contributed by atoms with Gasteiger partial charge in [0.25, 0.3) is 5.56 Å². The number of fused-ring (bicyclic) bond motifs is 3. The summed E-state index contributed by atoms with van der Waals surface area (Å²) in [6.07, 6.45) is 0. The third-order valence-electron chi connectivity index (χ3n) is 4.50. The van der Waals surface area contributed by atoms with Crippen LogP contribution in [0.15, 0.2) is 51.1 Å². The number of hydrogen-bond acceptors (Lipinski definition) is 6. The van der Waals surface area contributed by atoms with Gasteiger partial charge in [-0.1, -0.05) is 22.9 Å². The quantitative estimate of drug-likeness (QED) is 0.566. The van der Waals surface area contributed by atoms with Crippen molar-refractivity contribution in [3.05, 3.63) is 57.9 Å². The van der Waals surface area contributed by atoms with Crippen molar-refractivity contribution >= 4 is 26.4 Å². The number of nitrogens with one attached hydrogen (secondary N) is 1. The second-order valence-electron chi connectivity index (χ2n) is 6.49. The Hall–Kier alpha value is -3.20. The zero-order valence-electron chi connectivity index (χ0n) is 15.6. The molecule has 1 N–H and O–H groups in total. The molecule has 0 aliphatic carbocycles. The highest BCUT2D eigenvalue weighted by Crippen LogP contribution is 2.27. The van der Waals surface area contributed by atoms with Gasteiger partial charge in [-0.25, -0.2) is 8.42 Å². The van der Waals surface area contributed by atoms with Crippen LogP contribution < -0.4 is 10.3 Å². The van der Waals surface area contributed by atoms with E-state index in [1.165, 1.54) is 10.6 Å². The molecule has 0 saturated heterocycles. The zero-order chi connectivity index (χ0) is 20.1. The van der Waals surface area contributed by atoms with Crippen molar-refractivity contribution in [1.29, 1.82) is 0 Å². The van der Waals surface area contributed by atoms with Crippen molar-refractivity contribution in [2.45, 2.75) is 30.7 Å². The van der Waals surface area contributed by atoms with Gasteiger partial charge in [0.05, 0.1) is 22.4 Å². The number of benzene rings is 2. The first-order chi connectivity index (χ1) is 13.3. The van der Waals surface area contributed by atoms with Crippen LogP contribution in [-0.4, -0.2) is 34.8 Å². The number of nitrogens with zero attached hydrogens (tertiary/aromatic N) is 3. The van der Waals surface area contributed by atoms with E-state index in [2.05, 4.69) is 15.3 Å². The van der Waals surface area contributed by atoms with E-state index in [1.54, 1.807) is 37.3 Å². The fourth-order valence-electron chi connectivity index (χ4n) is 3.24. The number of aromatic nitrogens is 4. The zero-order valence-corrected chi connectivity index (χ0v) is 16.4. The number of hydrogen-bond donors (Lipinski definition) is 1. The van der Waals surface area contributed by atoms with E-state index in [0.717, 1.165) is 5.56 Å². The lowest BCUT2D eigenvalue weighted by atomic mass is 10.2. The van der Waals surface area contributed by atoms with Crippen LogP contribution in [0, 0.1) is 13.8 Å². The Bertz CT molecular complexity index is 1390. The Morgan fingerprint density at radius 3 is 2.64 bits per heavy atom. The van der Waals surface area contributed by atoms with Crippen LogP contribution in [0.2, 0.25) is 0 Å². The average molecular weight is 398 g/mol. The third-order valence-corrected chi connectivity index (χ3v) is 6.32. The predicted octanol–water partition coefficient (Wildman–Crippen LogP) is 2.42. The van der Waals surface area contributed by atoms with Crippen LogP contribution in [0.4, 0.5) is 0 Å². The fourth-order valence-corrected chi connectivity index (χ4v) is 4.71. The first kappa shape index (κ1) is 18.2. The van der Waals surface area contributed by atoms with Crippen LogP contribution in [0.1, 0.15) is 18.1 Å². The van der Waals surface area contributed by atoms with Gasteiger partial charge in [0, 0.05) is 6.07 Å². The van der Waals surface area contributed by atoms with Crippen LogP contribution >= 0.6 is 0 Å². The summed E-state index contributed by atoms with van der Waals surface area (Å²) in [5, 5.41) is 7.94. The van der Waals surface area contributed by atoms with Gasteiger partial charge in [-0.15, -0.1) is 5.10 Å². The molecule has 28 heavy (non-hydrogen) atoms. The summed E-state index contributed by atoms with van der Waals surface area (Å²) in [5.41, 5.74) is 1.56. The molecule has 0 spiro atoms. The van der Waals surface area contributed by atoms with E-state index >= 15 is 0 Å². The monoisotopic (exact) mass is 398 g/mol. The molecule has 2 aromatic carbocycles. The second-order valence-corrected chi connectivity index (χ2v) is 8.33. The normalized spacial score (nSPS) is 12.0. The molecule has 0 aliphatic heterocycles. The minimum absolute atomic E-state index is 0.0196. The standard InChI is InChI=1S/C19H18N4O4S/c1-4-27-13-6-7-14-15(10-13)23-17(20-18(14)24)19(21-22-23)28(25,26)16-8-5-11(2)9-12(16)3/h5-10H,4H2,1-3H3,(H,20,24). The number of H-pyrrole nitrogens is 1. The summed E-state index contributed by atoms with van der Waals surface area (Å²) in [4.78, 5) is 15.3. The molecule has 0 unspecified atom stereocenters. The molecule has 0 radical (unpaired) electrons. The summed E-state index contributed by atoms with van der Waals surface area (Å²) in [6.45, 7) is 5.91. The maximum absolute atomic E-state index is 13.2. The van der Waals surface area contributed by atoms with Crippen molar-refractivity contribution < 1.29 is 13.2 Å². The van der Waals surface area contributed by atoms with Crippen LogP contribution in [0.3, 0.4) is 0 Å². The van der Waals surface area contributed by atoms with E-state index in [9.17, 15) is 13.2 Å². The molecular formula is C19H18N4O4S. The van der Waals surface area contributed by atoms with Crippen molar-refractivity contribution in [1.82, 2.24) is 19.8 Å². The first-order valence-electron chi connectivity index (χ1n) is 8.69. The van der Waals surface area contributed by atoms with Crippen molar-refractivity contribution in [2.75, 3.05) is 6.61 Å². The molecule has 9 heteroatoms. The molecule has 2 heterocycles. The van der Waals surface area contributed by atoms with Gasteiger partial charge in [-0.05, 0) is 44.5 Å².